The summed E-state index contributed by atoms with van der Waals surface area (Å²) in [6.45, 7) is 0. The Hall–Kier alpha value is -2.17. The van der Waals surface area contributed by atoms with Crippen molar-refractivity contribution in [3.63, 3.8) is 0 Å². The van der Waals surface area contributed by atoms with Crippen molar-refractivity contribution in [2.75, 3.05) is 7.11 Å². The summed E-state index contributed by atoms with van der Waals surface area (Å²) in [6, 6.07) is 4.53. The Morgan fingerprint density at radius 2 is 2.27 bits per heavy atom. The van der Waals surface area contributed by atoms with Gasteiger partial charge in [-0.1, -0.05) is 0 Å². The monoisotopic (exact) mass is 205 g/mol. The van der Waals surface area contributed by atoms with Crippen LogP contribution in [0, 0.1) is 0 Å². The number of carbonyl (C=O) groups excluding carboxylic acids is 1. The zero-order valence-corrected chi connectivity index (χ0v) is 7.89. The van der Waals surface area contributed by atoms with Gasteiger partial charge in [0.2, 0.25) is 0 Å². The molecule has 1 aromatic carbocycles. The minimum absolute atomic E-state index is 0.343. The van der Waals surface area contributed by atoms with Gasteiger partial charge in [0.15, 0.2) is 5.58 Å². The van der Waals surface area contributed by atoms with Gasteiger partial charge in [-0.25, -0.2) is 14.6 Å². The van der Waals surface area contributed by atoms with Gasteiger partial charge in [-0.3, -0.25) is 0 Å². The lowest BCUT2D eigenvalue weighted by Gasteiger charge is -1.99. The topological polar surface area (TPSA) is 69.4 Å². The Kier molecular flexibility index (Phi) is 2.21. The molecule has 2 rings (SSSR count). The first-order valence-electron chi connectivity index (χ1n) is 4.19. The minimum Gasteiger partial charge on any atom is -0.465 e. The number of fused-ring (bicyclic) bond motifs is 1. The third kappa shape index (κ3) is 1.71. The lowest BCUT2D eigenvalue weighted by molar-refractivity contribution is 0.0601. The maximum absolute atomic E-state index is 11.2. The smallest absolute Gasteiger partial charge is 0.354 e. The van der Waals surface area contributed by atoms with Crippen molar-refractivity contribution in [2.24, 2.45) is 0 Å². The molecule has 0 unspecified atom stereocenters. The van der Waals surface area contributed by atoms with E-state index in [-0.39, 0.29) is 0 Å². The molecule has 0 N–H and O–H groups in total. The average molecular weight is 205 g/mol. The van der Waals surface area contributed by atoms with Gasteiger partial charge in [-0.05, 0) is 18.2 Å². The second-order valence-electron chi connectivity index (χ2n) is 2.85. The van der Waals surface area contributed by atoms with Gasteiger partial charge in [0.25, 0.3) is 0 Å². The maximum atomic E-state index is 11.2. The molecule has 0 radical (unpaired) electrons. The van der Waals surface area contributed by atoms with Crippen molar-refractivity contribution >= 4 is 17.1 Å². The van der Waals surface area contributed by atoms with E-state index >= 15 is 0 Å². The minimum atomic E-state index is -0.520. The predicted molar refractivity (Wildman–Crippen MR) is 51.6 cm³/mol. The lowest BCUT2D eigenvalue weighted by atomic mass is 10.2. The first-order chi connectivity index (χ1) is 7.20. The van der Waals surface area contributed by atoms with Crippen LogP contribution in [0.3, 0.4) is 0 Å². The standard InChI is InChI=1S/C10H7NO4/c1-14-10(13)6-2-3-8-7(4-6)11-5-9(12)15-8/h2-5H,1H3. The highest BCUT2D eigenvalue weighted by molar-refractivity contribution is 5.92. The van der Waals surface area contributed by atoms with Gasteiger partial charge >= 0.3 is 11.6 Å². The summed E-state index contributed by atoms with van der Waals surface area (Å²) in [4.78, 5) is 25.9. The van der Waals surface area contributed by atoms with Crippen molar-refractivity contribution in [1.29, 1.82) is 0 Å². The number of carbonyl (C=O) groups is 1. The van der Waals surface area contributed by atoms with E-state index in [1.807, 2.05) is 0 Å². The summed E-state index contributed by atoms with van der Waals surface area (Å²) in [5, 5.41) is 0. The van der Waals surface area contributed by atoms with E-state index < -0.39 is 11.6 Å². The van der Waals surface area contributed by atoms with Crippen LogP contribution in [-0.2, 0) is 4.74 Å². The normalized spacial score (nSPS) is 10.2. The summed E-state index contributed by atoms with van der Waals surface area (Å²) in [5.41, 5.74) is 0.632. The Balaban J connectivity index is 2.62. The Morgan fingerprint density at radius 3 is 3.00 bits per heavy atom. The summed E-state index contributed by atoms with van der Waals surface area (Å²) in [5.74, 6) is -0.454. The van der Waals surface area contributed by atoms with E-state index in [1.54, 1.807) is 0 Å². The molecule has 0 spiro atoms. The molecule has 5 nitrogen and oxygen atoms in total. The molecule has 0 amide bonds. The molecule has 0 fully saturated rings. The number of nitrogens with zero attached hydrogens (tertiary/aromatic N) is 1. The van der Waals surface area contributed by atoms with Crippen LogP contribution in [0.1, 0.15) is 10.4 Å². The van der Waals surface area contributed by atoms with Gasteiger partial charge in [0, 0.05) is 0 Å². The lowest BCUT2D eigenvalue weighted by Crippen LogP contribution is -2.02. The number of methoxy groups -OCH3 is 1. The number of rotatable bonds is 1. The molecule has 76 valence electrons. The van der Waals surface area contributed by atoms with Crippen LogP contribution in [0.5, 0.6) is 0 Å². The SMILES string of the molecule is COC(=O)c1ccc2oc(=O)cnc2c1. The number of benzene rings is 1. The fourth-order valence-corrected chi connectivity index (χ4v) is 1.21. The van der Waals surface area contributed by atoms with Crippen molar-refractivity contribution in [3.05, 3.63) is 40.4 Å². The fraction of sp³-hybridized carbons (Fsp3) is 0.100. The number of esters is 1. The van der Waals surface area contributed by atoms with Crippen LogP contribution in [0.4, 0.5) is 0 Å². The Bertz CT molecular complexity index is 573. The van der Waals surface area contributed by atoms with Crippen LogP contribution >= 0.6 is 0 Å². The molecular formula is C10H7NO4. The molecule has 1 aromatic heterocycles. The highest BCUT2D eigenvalue weighted by Crippen LogP contribution is 2.12. The maximum Gasteiger partial charge on any atom is 0.354 e. The van der Waals surface area contributed by atoms with Crippen LogP contribution in [0.25, 0.3) is 11.1 Å². The first kappa shape index (κ1) is 9.39. The summed E-state index contributed by atoms with van der Waals surface area (Å²) < 4.78 is 9.41. The van der Waals surface area contributed by atoms with Crippen molar-refractivity contribution in [3.8, 4) is 0 Å². The Labute approximate surface area is 84.3 Å². The number of hydrogen-bond donors (Lipinski definition) is 0. The zero-order chi connectivity index (χ0) is 10.8. The van der Waals surface area contributed by atoms with Crippen molar-refractivity contribution < 1.29 is 13.9 Å². The van der Waals surface area contributed by atoms with E-state index in [0.29, 0.717) is 16.7 Å². The van der Waals surface area contributed by atoms with Crippen molar-refractivity contribution in [2.45, 2.75) is 0 Å². The fourth-order valence-electron chi connectivity index (χ4n) is 1.21. The summed E-state index contributed by atoms with van der Waals surface area (Å²) in [7, 11) is 1.30. The molecule has 0 aliphatic carbocycles. The molecule has 0 saturated heterocycles. The van der Waals surface area contributed by atoms with Crippen LogP contribution in [0.15, 0.2) is 33.6 Å². The van der Waals surface area contributed by atoms with E-state index in [1.165, 1.54) is 25.3 Å². The largest absolute Gasteiger partial charge is 0.465 e. The van der Waals surface area contributed by atoms with E-state index in [9.17, 15) is 9.59 Å². The summed E-state index contributed by atoms with van der Waals surface area (Å²) in [6.07, 6.45) is 1.06. The second kappa shape index (κ2) is 3.53. The third-order valence-electron chi connectivity index (χ3n) is 1.90. The predicted octanol–water partition coefficient (Wildman–Crippen LogP) is 0.975. The highest BCUT2D eigenvalue weighted by Gasteiger charge is 2.07. The zero-order valence-electron chi connectivity index (χ0n) is 7.89. The van der Waals surface area contributed by atoms with Crippen LogP contribution < -0.4 is 5.63 Å². The van der Waals surface area contributed by atoms with E-state index in [0.717, 1.165) is 6.20 Å². The van der Waals surface area contributed by atoms with Gasteiger partial charge in [-0.15, -0.1) is 0 Å². The molecule has 15 heavy (non-hydrogen) atoms. The molecule has 0 saturated carbocycles. The number of aromatic nitrogens is 1. The number of ether oxygens (including phenoxy) is 1. The van der Waals surface area contributed by atoms with E-state index in [4.69, 9.17) is 4.42 Å². The summed E-state index contributed by atoms with van der Waals surface area (Å²) >= 11 is 0. The molecular weight excluding hydrogens is 198 g/mol. The van der Waals surface area contributed by atoms with Crippen LogP contribution in [0.2, 0.25) is 0 Å². The second-order valence-corrected chi connectivity index (χ2v) is 2.85. The molecule has 0 bridgehead atoms. The third-order valence-corrected chi connectivity index (χ3v) is 1.90. The van der Waals surface area contributed by atoms with Crippen molar-refractivity contribution in [1.82, 2.24) is 4.98 Å². The first-order valence-corrected chi connectivity index (χ1v) is 4.19. The van der Waals surface area contributed by atoms with Gasteiger partial charge < -0.3 is 9.15 Å². The highest BCUT2D eigenvalue weighted by atomic mass is 16.5. The Morgan fingerprint density at radius 1 is 1.47 bits per heavy atom. The van der Waals surface area contributed by atoms with Crippen LogP contribution in [-0.4, -0.2) is 18.1 Å². The molecule has 0 atom stereocenters. The quantitative estimate of drug-likeness (QED) is 0.649. The molecule has 0 aliphatic heterocycles. The average Bonchev–Trinajstić information content (AvgIpc) is 2.27. The van der Waals surface area contributed by atoms with Gasteiger partial charge in [0.05, 0.1) is 12.7 Å². The van der Waals surface area contributed by atoms with Gasteiger partial charge in [-0.2, -0.15) is 0 Å². The molecule has 0 aliphatic rings. The molecule has 5 heteroatoms. The molecule has 1 heterocycles. The van der Waals surface area contributed by atoms with Gasteiger partial charge in [0.1, 0.15) is 11.7 Å². The molecule has 2 aromatic rings. The number of hydrogen-bond acceptors (Lipinski definition) is 5. The van der Waals surface area contributed by atoms with E-state index in [2.05, 4.69) is 9.72 Å².